The first-order valence-electron chi connectivity index (χ1n) is 4.36. The predicted octanol–water partition coefficient (Wildman–Crippen LogP) is 1.39. The Kier molecular flexibility index (Phi) is 3.94. The minimum absolute atomic E-state index is 0.297. The molecule has 1 amide bonds. The zero-order valence-corrected chi connectivity index (χ0v) is 8.36. The summed E-state index contributed by atoms with van der Waals surface area (Å²) in [4.78, 5) is 11.2. The van der Waals surface area contributed by atoms with Crippen molar-refractivity contribution in [3.63, 3.8) is 0 Å². The number of benzene rings is 1. The normalized spacial score (nSPS) is 9.57. The van der Waals surface area contributed by atoms with Crippen molar-refractivity contribution in [2.75, 3.05) is 14.1 Å². The third-order valence-corrected chi connectivity index (χ3v) is 1.81. The second-order valence-corrected chi connectivity index (χ2v) is 2.82. The van der Waals surface area contributed by atoms with Gasteiger partial charge >= 0.3 is 6.09 Å². The van der Waals surface area contributed by atoms with E-state index >= 15 is 0 Å². The Bertz CT molecular complexity index is 287. The highest BCUT2D eigenvalue weighted by atomic mass is 16.6. The zero-order chi connectivity index (χ0) is 10.4. The standard InChI is InChI=1S/C10H14N2O2/c1-11-12(2)10(13)14-8-9-6-4-3-5-7-9/h3-7,11H,8H2,1-2H3. The van der Waals surface area contributed by atoms with Crippen molar-refractivity contribution in [3.05, 3.63) is 35.9 Å². The first kappa shape index (κ1) is 10.5. The SMILES string of the molecule is CNN(C)C(=O)OCc1ccccc1. The molecule has 0 saturated carbocycles. The van der Waals surface area contributed by atoms with Crippen LogP contribution >= 0.6 is 0 Å². The summed E-state index contributed by atoms with van der Waals surface area (Å²) in [6.45, 7) is 0.297. The Labute approximate surface area is 83.4 Å². The number of ether oxygens (including phenoxy) is 1. The van der Waals surface area contributed by atoms with Gasteiger partial charge in [-0.25, -0.2) is 15.2 Å². The average molecular weight is 194 g/mol. The number of hydrogen-bond donors (Lipinski definition) is 1. The molecule has 0 aromatic heterocycles. The van der Waals surface area contributed by atoms with Crippen LogP contribution in [0.5, 0.6) is 0 Å². The lowest BCUT2D eigenvalue weighted by molar-refractivity contribution is 0.0920. The summed E-state index contributed by atoms with van der Waals surface area (Å²) in [6.07, 6.45) is -0.392. The maximum atomic E-state index is 11.2. The van der Waals surface area contributed by atoms with Crippen molar-refractivity contribution in [3.8, 4) is 0 Å². The van der Waals surface area contributed by atoms with Crippen LogP contribution in [0.1, 0.15) is 5.56 Å². The molecule has 0 aliphatic carbocycles. The smallest absolute Gasteiger partial charge is 0.424 e. The molecule has 14 heavy (non-hydrogen) atoms. The third-order valence-electron chi connectivity index (χ3n) is 1.81. The van der Waals surface area contributed by atoms with E-state index in [0.717, 1.165) is 5.56 Å². The molecule has 0 aliphatic rings. The van der Waals surface area contributed by atoms with E-state index in [0.29, 0.717) is 6.61 Å². The number of amides is 1. The molecule has 4 heteroatoms. The fraction of sp³-hybridized carbons (Fsp3) is 0.300. The Hall–Kier alpha value is -1.55. The molecule has 1 aromatic rings. The number of nitrogens with zero attached hydrogens (tertiary/aromatic N) is 1. The molecule has 0 atom stereocenters. The lowest BCUT2D eigenvalue weighted by Crippen LogP contribution is -2.37. The fourth-order valence-electron chi connectivity index (χ4n) is 0.907. The van der Waals surface area contributed by atoms with Gasteiger partial charge in [0.2, 0.25) is 0 Å². The molecule has 0 fully saturated rings. The average Bonchev–Trinajstić information content (AvgIpc) is 2.26. The van der Waals surface area contributed by atoms with Gasteiger partial charge in [-0.2, -0.15) is 0 Å². The summed E-state index contributed by atoms with van der Waals surface area (Å²) in [5.41, 5.74) is 3.64. The van der Waals surface area contributed by atoms with Gasteiger partial charge in [0.05, 0.1) is 0 Å². The lowest BCUT2D eigenvalue weighted by atomic mass is 10.2. The summed E-state index contributed by atoms with van der Waals surface area (Å²) >= 11 is 0. The van der Waals surface area contributed by atoms with E-state index in [1.165, 1.54) is 5.01 Å². The summed E-state index contributed by atoms with van der Waals surface area (Å²) in [7, 11) is 3.26. The Balaban J connectivity index is 2.38. The molecule has 0 unspecified atom stereocenters. The molecule has 0 radical (unpaired) electrons. The highest BCUT2D eigenvalue weighted by molar-refractivity contribution is 5.66. The molecule has 0 spiro atoms. The molecular formula is C10H14N2O2. The highest BCUT2D eigenvalue weighted by Gasteiger charge is 2.06. The van der Waals surface area contributed by atoms with Crippen LogP contribution in [-0.4, -0.2) is 25.2 Å². The first-order valence-corrected chi connectivity index (χ1v) is 4.36. The first-order chi connectivity index (χ1) is 6.74. The second kappa shape index (κ2) is 5.24. The van der Waals surface area contributed by atoms with Crippen LogP contribution < -0.4 is 5.43 Å². The van der Waals surface area contributed by atoms with Gasteiger partial charge in [-0.05, 0) is 5.56 Å². The van der Waals surface area contributed by atoms with Gasteiger partial charge in [-0.15, -0.1) is 0 Å². The van der Waals surface area contributed by atoms with E-state index in [1.54, 1.807) is 14.1 Å². The van der Waals surface area contributed by atoms with Crippen molar-refractivity contribution < 1.29 is 9.53 Å². The van der Waals surface area contributed by atoms with Crippen LogP contribution in [0.25, 0.3) is 0 Å². The van der Waals surface area contributed by atoms with Gasteiger partial charge in [-0.1, -0.05) is 30.3 Å². The van der Waals surface area contributed by atoms with E-state index < -0.39 is 6.09 Å². The Morgan fingerprint density at radius 2 is 2.07 bits per heavy atom. The molecule has 0 saturated heterocycles. The van der Waals surface area contributed by atoms with E-state index in [9.17, 15) is 4.79 Å². The van der Waals surface area contributed by atoms with E-state index in [2.05, 4.69) is 5.43 Å². The van der Waals surface area contributed by atoms with Gasteiger partial charge in [0, 0.05) is 14.1 Å². The van der Waals surface area contributed by atoms with Crippen LogP contribution in [0.15, 0.2) is 30.3 Å². The monoisotopic (exact) mass is 194 g/mol. The maximum absolute atomic E-state index is 11.2. The quantitative estimate of drug-likeness (QED) is 0.739. The minimum atomic E-state index is -0.392. The number of carbonyl (C=O) groups excluding carboxylic acids is 1. The maximum Gasteiger partial charge on any atom is 0.424 e. The Morgan fingerprint density at radius 3 is 2.64 bits per heavy atom. The number of hydrazine groups is 1. The summed E-state index contributed by atoms with van der Waals surface area (Å²) in [6, 6.07) is 9.56. The van der Waals surface area contributed by atoms with Gasteiger partial charge in [0.25, 0.3) is 0 Å². The van der Waals surface area contributed by atoms with Crippen molar-refractivity contribution in [2.24, 2.45) is 0 Å². The molecular weight excluding hydrogens is 180 g/mol. The number of carbonyl (C=O) groups is 1. The van der Waals surface area contributed by atoms with Crippen molar-refractivity contribution in [2.45, 2.75) is 6.61 Å². The molecule has 0 aliphatic heterocycles. The largest absolute Gasteiger partial charge is 0.444 e. The minimum Gasteiger partial charge on any atom is -0.444 e. The van der Waals surface area contributed by atoms with Crippen molar-refractivity contribution >= 4 is 6.09 Å². The van der Waals surface area contributed by atoms with E-state index in [-0.39, 0.29) is 0 Å². The third kappa shape index (κ3) is 3.06. The van der Waals surface area contributed by atoms with Gasteiger partial charge in [-0.3, -0.25) is 0 Å². The molecule has 76 valence electrons. The highest BCUT2D eigenvalue weighted by Crippen LogP contribution is 2.01. The topological polar surface area (TPSA) is 41.6 Å². The summed E-state index contributed by atoms with van der Waals surface area (Å²) in [5.74, 6) is 0. The molecule has 0 bridgehead atoms. The van der Waals surface area contributed by atoms with Gasteiger partial charge in [0.15, 0.2) is 0 Å². The molecule has 0 heterocycles. The predicted molar refractivity (Wildman–Crippen MR) is 53.4 cm³/mol. The zero-order valence-electron chi connectivity index (χ0n) is 8.36. The van der Waals surface area contributed by atoms with Crippen LogP contribution in [0, 0.1) is 0 Å². The molecule has 1 N–H and O–H groups in total. The van der Waals surface area contributed by atoms with Crippen LogP contribution in [-0.2, 0) is 11.3 Å². The van der Waals surface area contributed by atoms with E-state index in [1.807, 2.05) is 30.3 Å². The van der Waals surface area contributed by atoms with Crippen LogP contribution in [0.3, 0.4) is 0 Å². The number of rotatable bonds is 3. The van der Waals surface area contributed by atoms with Crippen molar-refractivity contribution in [1.82, 2.24) is 10.4 Å². The van der Waals surface area contributed by atoms with Crippen LogP contribution in [0.4, 0.5) is 4.79 Å². The van der Waals surface area contributed by atoms with E-state index in [4.69, 9.17) is 4.74 Å². The summed E-state index contributed by atoms with van der Waals surface area (Å²) in [5, 5.41) is 1.28. The van der Waals surface area contributed by atoms with Crippen molar-refractivity contribution in [1.29, 1.82) is 0 Å². The number of nitrogens with one attached hydrogen (secondary N) is 1. The Morgan fingerprint density at radius 1 is 1.43 bits per heavy atom. The van der Waals surface area contributed by atoms with Gasteiger partial charge in [0.1, 0.15) is 6.61 Å². The molecule has 1 rings (SSSR count). The summed E-state index contributed by atoms with van der Waals surface area (Å²) < 4.78 is 5.01. The van der Waals surface area contributed by atoms with Crippen LogP contribution in [0.2, 0.25) is 0 Å². The number of hydrogen-bond acceptors (Lipinski definition) is 3. The molecule has 1 aromatic carbocycles. The molecule has 4 nitrogen and oxygen atoms in total. The second-order valence-electron chi connectivity index (χ2n) is 2.82. The van der Waals surface area contributed by atoms with Gasteiger partial charge < -0.3 is 4.74 Å². The fourth-order valence-corrected chi connectivity index (χ4v) is 0.907. The lowest BCUT2D eigenvalue weighted by Gasteiger charge is -2.14.